The standard InChI is InChI=1S/C12H17N3O2/c16-11-6-2-1-5-10(11)15-12(17)14-9-4-3-7-13-8-9/h3-4,7-8,10-11,16H,1-2,5-6H2,(H2,14,15,17). The van der Waals surface area contributed by atoms with Crippen LogP contribution in [-0.2, 0) is 0 Å². The fraction of sp³-hybridized carbons (Fsp3) is 0.500. The van der Waals surface area contributed by atoms with Gasteiger partial charge in [-0.2, -0.15) is 0 Å². The van der Waals surface area contributed by atoms with Crippen molar-refractivity contribution in [3.05, 3.63) is 24.5 Å². The zero-order chi connectivity index (χ0) is 12.1. The molecule has 5 heteroatoms. The monoisotopic (exact) mass is 235 g/mol. The third-order valence-corrected chi connectivity index (χ3v) is 2.97. The lowest BCUT2D eigenvalue weighted by Gasteiger charge is -2.28. The smallest absolute Gasteiger partial charge is 0.319 e. The Morgan fingerprint density at radius 3 is 2.94 bits per heavy atom. The number of hydrogen-bond donors (Lipinski definition) is 3. The zero-order valence-electron chi connectivity index (χ0n) is 9.60. The fourth-order valence-corrected chi connectivity index (χ4v) is 2.05. The van der Waals surface area contributed by atoms with E-state index in [1.165, 1.54) is 0 Å². The molecule has 0 radical (unpaired) electrons. The number of nitrogens with zero attached hydrogens (tertiary/aromatic N) is 1. The lowest BCUT2D eigenvalue weighted by Crippen LogP contribution is -2.46. The maximum Gasteiger partial charge on any atom is 0.319 e. The fourth-order valence-electron chi connectivity index (χ4n) is 2.05. The summed E-state index contributed by atoms with van der Waals surface area (Å²) in [5, 5.41) is 15.2. The first-order chi connectivity index (χ1) is 8.25. The van der Waals surface area contributed by atoms with Gasteiger partial charge in [0.05, 0.1) is 24.0 Å². The van der Waals surface area contributed by atoms with Crippen molar-refractivity contribution in [2.75, 3.05) is 5.32 Å². The number of aromatic nitrogens is 1. The Balaban J connectivity index is 1.84. The average molecular weight is 235 g/mol. The lowest BCUT2D eigenvalue weighted by atomic mass is 9.93. The Morgan fingerprint density at radius 1 is 1.41 bits per heavy atom. The molecule has 1 aromatic heterocycles. The van der Waals surface area contributed by atoms with E-state index in [0.717, 1.165) is 25.7 Å². The summed E-state index contributed by atoms with van der Waals surface area (Å²) in [4.78, 5) is 15.6. The van der Waals surface area contributed by atoms with Crippen LogP contribution in [0.3, 0.4) is 0 Å². The Kier molecular flexibility index (Phi) is 3.93. The SMILES string of the molecule is O=C(Nc1cccnc1)NC1CCCCC1O. The number of hydrogen-bond acceptors (Lipinski definition) is 3. The van der Waals surface area contributed by atoms with E-state index in [1.807, 2.05) is 0 Å². The Hall–Kier alpha value is -1.62. The van der Waals surface area contributed by atoms with Crippen LogP contribution in [0.5, 0.6) is 0 Å². The van der Waals surface area contributed by atoms with Gasteiger partial charge >= 0.3 is 6.03 Å². The predicted molar refractivity (Wildman–Crippen MR) is 64.7 cm³/mol. The van der Waals surface area contributed by atoms with E-state index in [9.17, 15) is 9.90 Å². The highest BCUT2D eigenvalue weighted by atomic mass is 16.3. The van der Waals surface area contributed by atoms with Gasteiger partial charge in [-0.1, -0.05) is 12.8 Å². The molecule has 0 aromatic carbocycles. The van der Waals surface area contributed by atoms with Gasteiger partial charge in [0.15, 0.2) is 0 Å². The second-order valence-corrected chi connectivity index (χ2v) is 4.30. The molecule has 1 aliphatic carbocycles. The van der Waals surface area contributed by atoms with Gasteiger partial charge in [-0.15, -0.1) is 0 Å². The van der Waals surface area contributed by atoms with Crippen molar-refractivity contribution < 1.29 is 9.90 Å². The van der Waals surface area contributed by atoms with E-state index in [0.29, 0.717) is 5.69 Å². The second kappa shape index (κ2) is 5.63. The third kappa shape index (κ3) is 3.42. The van der Waals surface area contributed by atoms with E-state index in [2.05, 4.69) is 15.6 Å². The molecule has 5 nitrogen and oxygen atoms in total. The number of nitrogens with one attached hydrogen (secondary N) is 2. The van der Waals surface area contributed by atoms with E-state index in [-0.39, 0.29) is 12.1 Å². The van der Waals surface area contributed by atoms with Gasteiger partial charge in [-0.05, 0) is 25.0 Å². The van der Waals surface area contributed by atoms with Crippen LogP contribution in [0, 0.1) is 0 Å². The first-order valence-corrected chi connectivity index (χ1v) is 5.91. The maximum atomic E-state index is 11.7. The van der Waals surface area contributed by atoms with Gasteiger partial charge in [-0.25, -0.2) is 4.79 Å². The van der Waals surface area contributed by atoms with Crippen LogP contribution < -0.4 is 10.6 Å². The quantitative estimate of drug-likeness (QED) is 0.727. The van der Waals surface area contributed by atoms with E-state index >= 15 is 0 Å². The van der Waals surface area contributed by atoms with Crippen molar-refractivity contribution in [1.82, 2.24) is 10.3 Å². The molecule has 1 heterocycles. The Morgan fingerprint density at radius 2 is 2.24 bits per heavy atom. The molecular formula is C12H17N3O2. The number of anilines is 1. The molecule has 0 spiro atoms. The average Bonchev–Trinajstić information content (AvgIpc) is 2.33. The molecule has 1 aliphatic rings. The summed E-state index contributed by atoms with van der Waals surface area (Å²) in [6, 6.07) is 3.10. The van der Waals surface area contributed by atoms with Crippen LogP contribution in [-0.4, -0.2) is 28.3 Å². The van der Waals surface area contributed by atoms with E-state index in [1.54, 1.807) is 24.5 Å². The van der Waals surface area contributed by atoms with Gasteiger partial charge in [0.25, 0.3) is 0 Å². The summed E-state index contributed by atoms with van der Waals surface area (Å²) in [5.74, 6) is 0. The molecule has 17 heavy (non-hydrogen) atoms. The Bertz CT molecular complexity index is 369. The van der Waals surface area contributed by atoms with Gasteiger partial charge in [0, 0.05) is 6.20 Å². The van der Waals surface area contributed by atoms with Crippen LogP contribution >= 0.6 is 0 Å². The third-order valence-electron chi connectivity index (χ3n) is 2.97. The zero-order valence-corrected chi connectivity index (χ0v) is 9.60. The second-order valence-electron chi connectivity index (χ2n) is 4.30. The summed E-state index contributed by atoms with van der Waals surface area (Å²) in [6.07, 6.45) is 6.48. The van der Waals surface area contributed by atoms with Crippen molar-refractivity contribution in [1.29, 1.82) is 0 Å². The molecule has 92 valence electrons. The van der Waals surface area contributed by atoms with Crippen LogP contribution in [0.25, 0.3) is 0 Å². The van der Waals surface area contributed by atoms with Crippen LogP contribution in [0.1, 0.15) is 25.7 Å². The largest absolute Gasteiger partial charge is 0.391 e. The lowest BCUT2D eigenvalue weighted by molar-refractivity contribution is 0.0955. The molecule has 0 saturated heterocycles. The molecule has 2 amide bonds. The number of aliphatic hydroxyl groups excluding tert-OH is 1. The molecule has 2 unspecified atom stereocenters. The number of amides is 2. The maximum absolute atomic E-state index is 11.7. The van der Waals surface area contributed by atoms with Gasteiger partial charge < -0.3 is 15.7 Å². The number of carbonyl (C=O) groups excluding carboxylic acids is 1. The predicted octanol–water partition coefficient (Wildman–Crippen LogP) is 1.51. The van der Waals surface area contributed by atoms with Crippen molar-refractivity contribution in [2.45, 2.75) is 37.8 Å². The summed E-state index contributed by atoms with van der Waals surface area (Å²) in [7, 11) is 0. The molecule has 0 aliphatic heterocycles. The van der Waals surface area contributed by atoms with Crippen LogP contribution in [0.2, 0.25) is 0 Å². The highest BCUT2D eigenvalue weighted by Crippen LogP contribution is 2.18. The highest BCUT2D eigenvalue weighted by Gasteiger charge is 2.24. The molecule has 2 rings (SSSR count). The molecule has 3 N–H and O–H groups in total. The first kappa shape index (κ1) is 11.9. The summed E-state index contributed by atoms with van der Waals surface area (Å²) >= 11 is 0. The molecule has 1 aromatic rings. The normalized spacial score (nSPS) is 24.1. The van der Waals surface area contributed by atoms with Gasteiger partial charge in [0.1, 0.15) is 0 Å². The number of pyridine rings is 1. The minimum Gasteiger partial charge on any atom is -0.391 e. The highest BCUT2D eigenvalue weighted by molar-refractivity contribution is 5.89. The molecule has 1 fully saturated rings. The van der Waals surface area contributed by atoms with Crippen molar-refractivity contribution in [2.24, 2.45) is 0 Å². The number of aliphatic hydroxyl groups is 1. The van der Waals surface area contributed by atoms with Gasteiger partial charge in [-0.3, -0.25) is 4.98 Å². The van der Waals surface area contributed by atoms with Crippen molar-refractivity contribution >= 4 is 11.7 Å². The molecular weight excluding hydrogens is 218 g/mol. The summed E-state index contributed by atoms with van der Waals surface area (Å²) in [6.45, 7) is 0. The number of rotatable bonds is 2. The first-order valence-electron chi connectivity index (χ1n) is 5.91. The van der Waals surface area contributed by atoms with E-state index < -0.39 is 6.10 Å². The number of carbonyl (C=O) groups is 1. The molecule has 0 bridgehead atoms. The topological polar surface area (TPSA) is 74.2 Å². The minimum absolute atomic E-state index is 0.138. The van der Waals surface area contributed by atoms with Crippen molar-refractivity contribution in [3.63, 3.8) is 0 Å². The van der Waals surface area contributed by atoms with Gasteiger partial charge in [0.2, 0.25) is 0 Å². The van der Waals surface area contributed by atoms with Crippen molar-refractivity contribution in [3.8, 4) is 0 Å². The minimum atomic E-state index is -0.427. The Labute approximate surface area is 100 Å². The van der Waals surface area contributed by atoms with Crippen LogP contribution in [0.15, 0.2) is 24.5 Å². The van der Waals surface area contributed by atoms with Crippen LogP contribution in [0.4, 0.5) is 10.5 Å². The number of urea groups is 1. The molecule has 1 saturated carbocycles. The molecule has 2 atom stereocenters. The van der Waals surface area contributed by atoms with E-state index in [4.69, 9.17) is 0 Å². The summed E-state index contributed by atoms with van der Waals surface area (Å²) in [5.41, 5.74) is 0.648. The summed E-state index contributed by atoms with van der Waals surface area (Å²) < 4.78 is 0.